The van der Waals surface area contributed by atoms with Crippen molar-refractivity contribution in [2.45, 2.75) is 56.8 Å². The van der Waals surface area contributed by atoms with Crippen LogP contribution in [0.2, 0.25) is 0 Å². The van der Waals surface area contributed by atoms with Crippen LogP contribution in [0.5, 0.6) is 0 Å². The van der Waals surface area contributed by atoms with Crippen LogP contribution in [0, 0.1) is 0 Å². The normalized spacial score (nSPS) is 22.3. The van der Waals surface area contributed by atoms with Gasteiger partial charge in [-0.2, -0.15) is 0 Å². The SMILES string of the molecule is S=C1N[C@@H](c2ccccn2)[C@H](c2ccn(C3CCCCC3)c2)N1Cc1cccnc1. The van der Waals surface area contributed by atoms with E-state index in [1.807, 2.05) is 36.8 Å². The van der Waals surface area contributed by atoms with Gasteiger partial charge in [0, 0.05) is 43.6 Å². The summed E-state index contributed by atoms with van der Waals surface area (Å²) >= 11 is 5.79. The highest BCUT2D eigenvalue weighted by Crippen LogP contribution is 2.40. The molecule has 0 amide bonds. The third kappa shape index (κ3) is 3.84. The van der Waals surface area contributed by atoms with Gasteiger partial charge in [-0.1, -0.05) is 31.4 Å². The number of hydrogen-bond donors (Lipinski definition) is 1. The second-order valence-corrected chi connectivity index (χ2v) is 8.69. The zero-order valence-electron chi connectivity index (χ0n) is 17.0. The van der Waals surface area contributed by atoms with Crippen molar-refractivity contribution in [1.82, 2.24) is 24.8 Å². The van der Waals surface area contributed by atoms with E-state index in [4.69, 9.17) is 12.2 Å². The van der Waals surface area contributed by atoms with Gasteiger partial charge in [-0.05, 0) is 60.5 Å². The Morgan fingerprint density at radius 2 is 1.93 bits per heavy atom. The average Bonchev–Trinajstić information content (AvgIpc) is 3.41. The summed E-state index contributed by atoms with van der Waals surface area (Å²) in [6, 6.07) is 13.2. The van der Waals surface area contributed by atoms with Crippen molar-refractivity contribution in [2.75, 3.05) is 0 Å². The van der Waals surface area contributed by atoms with E-state index in [1.54, 1.807) is 0 Å². The number of thiocarbonyl (C=S) groups is 1. The third-order valence-corrected chi connectivity index (χ3v) is 6.70. The lowest BCUT2D eigenvalue weighted by Crippen LogP contribution is -2.29. The molecule has 0 spiro atoms. The fourth-order valence-corrected chi connectivity index (χ4v) is 5.14. The molecule has 0 unspecified atom stereocenters. The van der Waals surface area contributed by atoms with E-state index in [0.29, 0.717) is 6.04 Å². The smallest absolute Gasteiger partial charge is 0.170 e. The first-order chi connectivity index (χ1) is 14.8. The van der Waals surface area contributed by atoms with E-state index in [2.05, 4.69) is 55.3 Å². The van der Waals surface area contributed by atoms with Gasteiger partial charge in [-0.15, -0.1) is 0 Å². The largest absolute Gasteiger partial charge is 0.352 e. The molecule has 2 atom stereocenters. The average molecular weight is 418 g/mol. The second kappa shape index (κ2) is 8.56. The quantitative estimate of drug-likeness (QED) is 0.595. The lowest BCUT2D eigenvalue weighted by Gasteiger charge is -2.27. The van der Waals surface area contributed by atoms with Crippen molar-refractivity contribution in [3.8, 4) is 0 Å². The summed E-state index contributed by atoms with van der Waals surface area (Å²) in [5, 5.41) is 4.31. The summed E-state index contributed by atoms with van der Waals surface area (Å²) in [4.78, 5) is 11.2. The number of hydrogen-bond acceptors (Lipinski definition) is 3. The van der Waals surface area contributed by atoms with Crippen LogP contribution in [-0.4, -0.2) is 24.5 Å². The molecule has 0 bridgehead atoms. The highest BCUT2D eigenvalue weighted by atomic mass is 32.1. The van der Waals surface area contributed by atoms with Gasteiger partial charge in [0.2, 0.25) is 0 Å². The van der Waals surface area contributed by atoms with Crippen molar-refractivity contribution in [3.05, 3.63) is 84.2 Å². The van der Waals surface area contributed by atoms with Crippen LogP contribution in [0.1, 0.15) is 67.1 Å². The summed E-state index contributed by atoms with van der Waals surface area (Å²) in [5.74, 6) is 0. The molecule has 1 saturated carbocycles. The van der Waals surface area contributed by atoms with Gasteiger partial charge in [0.25, 0.3) is 0 Å². The molecular formula is C24H27N5S. The first-order valence-corrected chi connectivity index (χ1v) is 11.2. The van der Waals surface area contributed by atoms with Crippen molar-refractivity contribution < 1.29 is 0 Å². The Morgan fingerprint density at radius 3 is 2.70 bits per heavy atom. The molecule has 0 radical (unpaired) electrons. The zero-order valence-corrected chi connectivity index (χ0v) is 17.8. The molecular weight excluding hydrogens is 390 g/mol. The van der Waals surface area contributed by atoms with E-state index in [-0.39, 0.29) is 12.1 Å². The summed E-state index contributed by atoms with van der Waals surface area (Å²) in [6.07, 6.45) is 16.8. The van der Waals surface area contributed by atoms with Gasteiger partial charge >= 0.3 is 0 Å². The second-order valence-electron chi connectivity index (χ2n) is 8.30. The minimum absolute atomic E-state index is 0.0255. The van der Waals surface area contributed by atoms with Gasteiger partial charge in [-0.3, -0.25) is 9.97 Å². The van der Waals surface area contributed by atoms with E-state index >= 15 is 0 Å². The lowest BCUT2D eigenvalue weighted by atomic mass is 9.95. The molecule has 1 saturated heterocycles. The van der Waals surface area contributed by atoms with Gasteiger partial charge in [-0.25, -0.2) is 0 Å². The van der Waals surface area contributed by atoms with Crippen LogP contribution in [0.3, 0.4) is 0 Å². The lowest BCUT2D eigenvalue weighted by molar-refractivity contribution is 0.308. The molecule has 1 aliphatic heterocycles. The van der Waals surface area contributed by atoms with Crippen LogP contribution < -0.4 is 5.32 Å². The predicted octanol–water partition coefficient (Wildman–Crippen LogP) is 4.96. The number of nitrogens with one attached hydrogen (secondary N) is 1. The standard InChI is InChI=1S/C24H27N5S/c30-24-27-22(21-10-4-5-13-26-21)23(29(24)16-18-7-6-12-25-15-18)19-11-14-28(17-19)20-8-2-1-3-9-20/h4-7,10-15,17,20,22-23H,1-3,8-9,16H2,(H,27,30)/t22-,23-/m0/s1. The Balaban J connectivity index is 1.49. The minimum Gasteiger partial charge on any atom is -0.352 e. The maximum absolute atomic E-state index is 5.79. The summed E-state index contributed by atoms with van der Waals surface area (Å²) in [6.45, 7) is 0.724. The zero-order chi connectivity index (χ0) is 20.3. The molecule has 5 nitrogen and oxygen atoms in total. The number of rotatable bonds is 5. The summed E-state index contributed by atoms with van der Waals surface area (Å²) in [7, 11) is 0. The Labute approximate surface area is 183 Å². The summed E-state index contributed by atoms with van der Waals surface area (Å²) < 4.78 is 2.42. The maximum Gasteiger partial charge on any atom is 0.170 e. The number of pyridine rings is 2. The number of aromatic nitrogens is 3. The van der Waals surface area contributed by atoms with Gasteiger partial charge in [0.1, 0.15) is 0 Å². The van der Waals surface area contributed by atoms with E-state index in [9.17, 15) is 0 Å². The van der Waals surface area contributed by atoms with E-state index in [1.165, 1.54) is 37.7 Å². The van der Waals surface area contributed by atoms with Crippen LogP contribution in [0.15, 0.2) is 67.4 Å². The first kappa shape index (κ1) is 19.2. The fourth-order valence-electron chi connectivity index (χ4n) is 4.84. The van der Waals surface area contributed by atoms with E-state index in [0.717, 1.165) is 22.9 Å². The molecule has 0 aromatic carbocycles. The molecule has 3 aromatic rings. The Bertz CT molecular complexity index is 981. The minimum atomic E-state index is 0.0255. The van der Waals surface area contributed by atoms with Crippen molar-refractivity contribution in [2.24, 2.45) is 0 Å². The Kier molecular flexibility index (Phi) is 5.49. The molecule has 154 valence electrons. The Morgan fingerprint density at radius 1 is 1.03 bits per heavy atom. The van der Waals surface area contributed by atoms with Gasteiger partial charge < -0.3 is 14.8 Å². The van der Waals surface area contributed by atoms with Crippen LogP contribution in [0.25, 0.3) is 0 Å². The van der Waals surface area contributed by atoms with Gasteiger partial charge in [0.05, 0.1) is 17.8 Å². The molecule has 4 heterocycles. The molecule has 30 heavy (non-hydrogen) atoms. The molecule has 5 rings (SSSR count). The van der Waals surface area contributed by atoms with Crippen LogP contribution in [-0.2, 0) is 6.54 Å². The molecule has 2 fully saturated rings. The predicted molar refractivity (Wildman–Crippen MR) is 122 cm³/mol. The molecule has 1 aliphatic carbocycles. The van der Waals surface area contributed by atoms with Gasteiger partial charge in [0.15, 0.2) is 5.11 Å². The molecule has 6 heteroatoms. The Hall–Kier alpha value is -2.73. The van der Waals surface area contributed by atoms with Crippen molar-refractivity contribution in [1.29, 1.82) is 0 Å². The molecule has 3 aromatic heterocycles. The highest BCUT2D eigenvalue weighted by molar-refractivity contribution is 7.80. The fraction of sp³-hybridized carbons (Fsp3) is 0.375. The van der Waals surface area contributed by atoms with E-state index < -0.39 is 0 Å². The monoisotopic (exact) mass is 417 g/mol. The topological polar surface area (TPSA) is 46.0 Å². The first-order valence-electron chi connectivity index (χ1n) is 10.8. The van der Waals surface area contributed by atoms with Crippen molar-refractivity contribution in [3.63, 3.8) is 0 Å². The molecule has 2 aliphatic rings. The maximum atomic E-state index is 5.79. The highest BCUT2D eigenvalue weighted by Gasteiger charge is 2.40. The molecule has 1 N–H and O–H groups in total. The number of nitrogens with zero attached hydrogens (tertiary/aromatic N) is 4. The van der Waals surface area contributed by atoms with Crippen LogP contribution >= 0.6 is 12.2 Å². The van der Waals surface area contributed by atoms with Crippen LogP contribution in [0.4, 0.5) is 0 Å². The van der Waals surface area contributed by atoms with Crippen molar-refractivity contribution >= 4 is 17.3 Å². The summed E-state index contributed by atoms with van der Waals surface area (Å²) in [5.41, 5.74) is 3.46. The third-order valence-electron chi connectivity index (χ3n) is 6.35.